The van der Waals surface area contributed by atoms with Gasteiger partial charge in [-0.15, -0.1) is 12.3 Å². The summed E-state index contributed by atoms with van der Waals surface area (Å²) in [6.45, 7) is 0. The van der Waals surface area contributed by atoms with Gasteiger partial charge in [-0.2, -0.15) is 0 Å². The Morgan fingerprint density at radius 2 is 1.73 bits per heavy atom. The average molecular weight is 302 g/mol. The number of amides is 2. The van der Waals surface area contributed by atoms with E-state index in [4.69, 9.17) is 12.2 Å². The lowest BCUT2D eigenvalue weighted by molar-refractivity contribution is -0.148. The van der Waals surface area contributed by atoms with Crippen molar-refractivity contribution in [2.45, 2.75) is 63.8 Å². The van der Waals surface area contributed by atoms with Crippen molar-refractivity contribution in [3.05, 3.63) is 0 Å². The van der Waals surface area contributed by atoms with E-state index in [1.165, 1.54) is 19.3 Å². The van der Waals surface area contributed by atoms with Crippen molar-refractivity contribution in [1.29, 1.82) is 0 Å². The molecule has 0 aliphatic heterocycles. The predicted octanol–water partition coefficient (Wildman–Crippen LogP) is 1.98. The molecule has 4 rings (SSSR count). The van der Waals surface area contributed by atoms with E-state index in [9.17, 15) is 9.59 Å². The fraction of sp³-hybridized carbons (Fsp3) is 0.778. The van der Waals surface area contributed by atoms with E-state index in [2.05, 4.69) is 11.2 Å². The SMILES string of the molecule is C#CCCC[C@H](NC(=O)C12CC3CC(CC(C3)C1)C2)C(N)=O. The highest BCUT2D eigenvalue weighted by atomic mass is 16.2. The Balaban J connectivity index is 1.65. The number of hydrogen-bond donors (Lipinski definition) is 2. The average Bonchev–Trinajstić information content (AvgIpc) is 2.44. The minimum atomic E-state index is -0.575. The number of nitrogens with one attached hydrogen (secondary N) is 1. The van der Waals surface area contributed by atoms with Gasteiger partial charge in [0.15, 0.2) is 0 Å². The lowest BCUT2D eigenvalue weighted by Gasteiger charge is -2.55. The summed E-state index contributed by atoms with van der Waals surface area (Å²) in [5.41, 5.74) is 5.23. The van der Waals surface area contributed by atoms with E-state index in [0.717, 1.165) is 19.3 Å². The summed E-state index contributed by atoms with van der Waals surface area (Å²) in [6, 6.07) is -0.575. The maximum absolute atomic E-state index is 12.9. The fourth-order valence-corrected chi connectivity index (χ4v) is 5.39. The summed E-state index contributed by atoms with van der Waals surface area (Å²) < 4.78 is 0. The molecule has 1 atom stereocenters. The van der Waals surface area contributed by atoms with Crippen molar-refractivity contribution in [1.82, 2.24) is 5.32 Å². The summed E-state index contributed by atoms with van der Waals surface area (Å²) in [4.78, 5) is 24.5. The van der Waals surface area contributed by atoms with Crippen molar-refractivity contribution < 1.29 is 9.59 Å². The molecule has 120 valence electrons. The monoisotopic (exact) mass is 302 g/mol. The topological polar surface area (TPSA) is 72.2 Å². The standard InChI is InChI=1S/C18H26N2O2/c1-2-3-4-5-15(16(19)21)20-17(22)18-9-12-6-13(10-18)8-14(7-12)11-18/h1,12-15H,3-11H2,(H2,19,21)(H,20,22)/t12?,13?,14?,15-,18?/m0/s1. The molecule has 3 N–H and O–H groups in total. The molecule has 0 heterocycles. The number of unbranched alkanes of at least 4 members (excludes halogenated alkanes) is 1. The summed E-state index contributed by atoms with van der Waals surface area (Å²) in [7, 11) is 0. The zero-order chi connectivity index (χ0) is 15.7. The zero-order valence-corrected chi connectivity index (χ0v) is 13.1. The van der Waals surface area contributed by atoms with Crippen LogP contribution in [0.5, 0.6) is 0 Å². The molecule has 4 nitrogen and oxygen atoms in total. The Bertz CT molecular complexity index is 470. The largest absolute Gasteiger partial charge is 0.368 e. The molecule has 2 amide bonds. The summed E-state index contributed by atoms with van der Waals surface area (Å²) in [5.74, 6) is 4.32. The molecule has 0 aromatic heterocycles. The lowest BCUT2D eigenvalue weighted by atomic mass is 9.49. The summed E-state index contributed by atoms with van der Waals surface area (Å²) in [6.07, 6.45) is 14.0. The molecule has 0 aromatic carbocycles. The number of terminal acetylenes is 1. The molecule has 0 spiro atoms. The highest BCUT2D eigenvalue weighted by molar-refractivity contribution is 5.89. The van der Waals surface area contributed by atoms with Crippen molar-refractivity contribution in [3.63, 3.8) is 0 Å². The Labute approximate surface area is 132 Å². The van der Waals surface area contributed by atoms with Crippen LogP contribution in [0.25, 0.3) is 0 Å². The van der Waals surface area contributed by atoms with Crippen LogP contribution in [0.1, 0.15) is 57.8 Å². The van der Waals surface area contributed by atoms with Gasteiger partial charge in [-0.05, 0) is 69.1 Å². The van der Waals surface area contributed by atoms with Crippen LogP contribution in [-0.4, -0.2) is 17.9 Å². The maximum Gasteiger partial charge on any atom is 0.240 e. The second-order valence-electron chi connectivity index (χ2n) is 7.72. The third kappa shape index (κ3) is 2.86. The van der Waals surface area contributed by atoms with Crippen LogP contribution in [0.4, 0.5) is 0 Å². The summed E-state index contributed by atoms with van der Waals surface area (Å²) in [5, 5.41) is 2.95. The number of nitrogens with two attached hydrogens (primary N) is 1. The van der Waals surface area contributed by atoms with Crippen LogP contribution in [0.2, 0.25) is 0 Å². The van der Waals surface area contributed by atoms with Gasteiger partial charge in [-0.3, -0.25) is 9.59 Å². The van der Waals surface area contributed by atoms with Gasteiger partial charge in [0.25, 0.3) is 0 Å². The molecule has 0 aromatic rings. The highest BCUT2D eigenvalue weighted by Crippen LogP contribution is 2.60. The highest BCUT2D eigenvalue weighted by Gasteiger charge is 2.54. The third-order valence-electron chi connectivity index (χ3n) is 5.98. The van der Waals surface area contributed by atoms with Gasteiger partial charge in [-0.25, -0.2) is 0 Å². The van der Waals surface area contributed by atoms with Gasteiger partial charge in [0, 0.05) is 11.8 Å². The molecule has 4 aliphatic rings. The predicted molar refractivity (Wildman–Crippen MR) is 84.4 cm³/mol. The third-order valence-corrected chi connectivity index (χ3v) is 5.98. The van der Waals surface area contributed by atoms with E-state index in [0.29, 0.717) is 37.0 Å². The van der Waals surface area contributed by atoms with Gasteiger partial charge in [0.2, 0.25) is 11.8 Å². The maximum atomic E-state index is 12.9. The Kier molecular flexibility index (Phi) is 4.16. The first kappa shape index (κ1) is 15.4. The van der Waals surface area contributed by atoms with Gasteiger partial charge in [0.1, 0.15) is 6.04 Å². The molecular formula is C18H26N2O2. The first-order chi connectivity index (χ1) is 10.5. The van der Waals surface area contributed by atoms with E-state index >= 15 is 0 Å². The molecule has 0 unspecified atom stereocenters. The van der Waals surface area contributed by atoms with Crippen LogP contribution in [-0.2, 0) is 9.59 Å². The number of primary amides is 1. The second-order valence-corrected chi connectivity index (χ2v) is 7.72. The Morgan fingerprint density at radius 3 is 2.18 bits per heavy atom. The molecular weight excluding hydrogens is 276 g/mol. The number of hydrogen-bond acceptors (Lipinski definition) is 2. The van der Waals surface area contributed by atoms with Crippen LogP contribution < -0.4 is 11.1 Å². The van der Waals surface area contributed by atoms with Gasteiger partial charge >= 0.3 is 0 Å². The van der Waals surface area contributed by atoms with Crippen LogP contribution in [0.3, 0.4) is 0 Å². The fourth-order valence-electron chi connectivity index (χ4n) is 5.39. The first-order valence-corrected chi connectivity index (χ1v) is 8.56. The number of carbonyl (C=O) groups excluding carboxylic acids is 2. The van der Waals surface area contributed by atoms with Crippen LogP contribution >= 0.6 is 0 Å². The molecule has 4 aliphatic carbocycles. The molecule has 4 bridgehead atoms. The van der Waals surface area contributed by atoms with E-state index in [1.54, 1.807) is 0 Å². The molecule has 0 saturated heterocycles. The summed E-state index contributed by atoms with van der Waals surface area (Å²) >= 11 is 0. The first-order valence-electron chi connectivity index (χ1n) is 8.56. The van der Waals surface area contributed by atoms with E-state index in [-0.39, 0.29) is 11.3 Å². The van der Waals surface area contributed by atoms with Gasteiger partial charge in [-0.1, -0.05) is 0 Å². The zero-order valence-electron chi connectivity index (χ0n) is 13.1. The van der Waals surface area contributed by atoms with E-state index in [1.807, 2.05) is 0 Å². The lowest BCUT2D eigenvalue weighted by Crippen LogP contribution is -2.56. The number of carbonyl (C=O) groups is 2. The smallest absolute Gasteiger partial charge is 0.240 e. The molecule has 4 fully saturated rings. The minimum Gasteiger partial charge on any atom is -0.368 e. The molecule has 0 radical (unpaired) electrons. The van der Waals surface area contributed by atoms with Crippen LogP contribution in [0.15, 0.2) is 0 Å². The van der Waals surface area contributed by atoms with E-state index < -0.39 is 11.9 Å². The molecule has 4 saturated carbocycles. The van der Waals surface area contributed by atoms with Crippen molar-refractivity contribution in [2.75, 3.05) is 0 Å². The van der Waals surface area contributed by atoms with Gasteiger partial charge < -0.3 is 11.1 Å². The second kappa shape index (κ2) is 5.95. The number of rotatable bonds is 6. The van der Waals surface area contributed by atoms with Crippen molar-refractivity contribution in [2.24, 2.45) is 28.9 Å². The van der Waals surface area contributed by atoms with Crippen molar-refractivity contribution >= 4 is 11.8 Å². The Hall–Kier alpha value is -1.50. The normalized spacial score (nSPS) is 36.6. The molecule has 4 heteroatoms. The van der Waals surface area contributed by atoms with Crippen molar-refractivity contribution in [3.8, 4) is 12.3 Å². The van der Waals surface area contributed by atoms with Crippen LogP contribution in [0, 0.1) is 35.5 Å². The molecule has 22 heavy (non-hydrogen) atoms. The Morgan fingerprint density at radius 1 is 1.18 bits per heavy atom. The van der Waals surface area contributed by atoms with Gasteiger partial charge in [0.05, 0.1) is 0 Å². The quantitative estimate of drug-likeness (QED) is 0.581. The minimum absolute atomic E-state index is 0.0658.